The fraction of sp³-hybridized carbons (Fsp3) is 0.500. The van der Waals surface area contributed by atoms with Crippen molar-refractivity contribution < 1.29 is 5.11 Å². The van der Waals surface area contributed by atoms with Crippen molar-refractivity contribution >= 4 is 11.8 Å². The second-order valence-corrected chi connectivity index (χ2v) is 5.07. The smallest absolute Gasteiger partial charge is 0.0591 e. The van der Waals surface area contributed by atoms with E-state index in [2.05, 4.69) is 31.1 Å². The normalized spacial score (nSPS) is 13.1. The van der Waals surface area contributed by atoms with E-state index >= 15 is 0 Å². The summed E-state index contributed by atoms with van der Waals surface area (Å²) in [6.07, 6.45) is 0. The molecule has 1 atom stereocenters. The molecule has 0 saturated carbocycles. The molecule has 0 spiro atoms. The Labute approximate surface area is 96.3 Å². The molecule has 0 fully saturated rings. The third kappa shape index (κ3) is 4.69. The van der Waals surface area contributed by atoms with Crippen LogP contribution in [0, 0.1) is 0 Å². The topological polar surface area (TPSA) is 23.5 Å². The summed E-state index contributed by atoms with van der Waals surface area (Å²) in [6.45, 7) is 1.26. The Hall–Kier alpha value is -0.510. The molecule has 1 rings (SSSR count). The number of aliphatic hydroxyl groups is 1. The number of hydrogen-bond donors (Lipinski definition) is 1. The zero-order chi connectivity index (χ0) is 11.1. The summed E-state index contributed by atoms with van der Waals surface area (Å²) in [4.78, 5) is 2.16. The summed E-state index contributed by atoms with van der Waals surface area (Å²) in [6, 6.07) is 10.2. The highest BCUT2D eigenvalue weighted by molar-refractivity contribution is 7.99. The zero-order valence-electron chi connectivity index (χ0n) is 9.39. The minimum atomic E-state index is 0.210. The van der Waals surface area contributed by atoms with Crippen LogP contribution in [0.15, 0.2) is 30.3 Å². The van der Waals surface area contributed by atoms with Gasteiger partial charge in [0.15, 0.2) is 0 Å². The number of hydrogen-bond acceptors (Lipinski definition) is 3. The second kappa shape index (κ2) is 6.88. The molecule has 0 aliphatic heterocycles. The summed E-state index contributed by atoms with van der Waals surface area (Å²) in [5.74, 6) is 1.05. The van der Waals surface area contributed by atoms with Gasteiger partial charge in [-0.15, -0.1) is 0 Å². The number of thioether (sulfide) groups is 1. The molecule has 1 aromatic rings. The summed E-state index contributed by atoms with van der Waals surface area (Å²) >= 11 is 1.81. The van der Waals surface area contributed by atoms with Gasteiger partial charge in [0.25, 0.3) is 0 Å². The second-order valence-electron chi connectivity index (χ2n) is 3.76. The lowest BCUT2D eigenvalue weighted by atomic mass is 10.2. The lowest BCUT2D eigenvalue weighted by molar-refractivity contribution is 0.296. The summed E-state index contributed by atoms with van der Waals surface area (Å²) in [7, 11) is 4.13. The Morgan fingerprint density at radius 2 is 1.93 bits per heavy atom. The van der Waals surface area contributed by atoms with E-state index in [9.17, 15) is 5.11 Å². The molecule has 0 aliphatic rings. The molecule has 0 aliphatic carbocycles. The van der Waals surface area contributed by atoms with Crippen molar-refractivity contribution in [1.82, 2.24) is 4.90 Å². The molecule has 1 N–H and O–H groups in total. The third-order valence-electron chi connectivity index (χ3n) is 2.19. The van der Waals surface area contributed by atoms with Crippen LogP contribution in [0.3, 0.4) is 0 Å². The molecular weight excluding hydrogens is 206 g/mol. The van der Waals surface area contributed by atoms with Crippen LogP contribution in [-0.2, 0) is 0 Å². The molecule has 0 amide bonds. The first-order valence-corrected chi connectivity index (χ1v) is 6.21. The van der Waals surface area contributed by atoms with E-state index in [-0.39, 0.29) is 11.9 Å². The van der Waals surface area contributed by atoms with Gasteiger partial charge in [0, 0.05) is 12.3 Å². The first-order chi connectivity index (χ1) is 7.24. The van der Waals surface area contributed by atoms with E-state index < -0.39 is 0 Å². The van der Waals surface area contributed by atoms with Crippen molar-refractivity contribution in [2.75, 3.05) is 33.0 Å². The lowest BCUT2D eigenvalue weighted by Gasteiger charge is -2.16. The van der Waals surface area contributed by atoms with E-state index in [1.54, 1.807) is 0 Å². The van der Waals surface area contributed by atoms with Gasteiger partial charge in [-0.2, -0.15) is 11.8 Å². The molecule has 0 unspecified atom stereocenters. The number of benzene rings is 1. The Morgan fingerprint density at radius 3 is 2.47 bits per heavy atom. The van der Waals surface area contributed by atoms with E-state index in [1.807, 2.05) is 30.0 Å². The maximum absolute atomic E-state index is 9.31. The molecule has 2 nitrogen and oxygen atoms in total. The third-order valence-corrected chi connectivity index (χ3v) is 3.44. The van der Waals surface area contributed by atoms with E-state index in [1.165, 1.54) is 5.56 Å². The first kappa shape index (κ1) is 12.6. The molecule has 0 aromatic heterocycles. The summed E-state index contributed by atoms with van der Waals surface area (Å²) in [5.41, 5.74) is 1.21. The monoisotopic (exact) mass is 225 g/mol. The van der Waals surface area contributed by atoms with Crippen LogP contribution in [0.5, 0.6) is 0 Å². The van der Waals surface area contributed by atoms with Gasteiger partial charge in [0.2, 0.25) is 0 Å². The molecule has 0 radical (unpaired) electrons. The van der Waals surface area contributed by atoms with Crippen molar-refractivity contribution in [3.8, 4) is 0 Å². The Bertz CT molecular complexity index is 264. The maximum Gasteiger partial charge on any atom is 0.0591 e. The molecule has 0 saturated heterocycles. The van der Waals surface area contributed by atoms with Gasteiger partial charge in [-0.3, -0.25) is 0 Å². The Balaban J connectivity index is 2.43. The standard InChI is InChI=1S/C12H19NOS/c1-13(2)8-9-15-12(10-14)11-6-4-3-5-7-11/h3-7,12,14H,8-10H2,1-2H3/t12-/m0/s1. The van der Waals surface area contributed by atoms with Gasteiger partial charge >= 0.3 is 0 Å². The van der Waals surface area contributed by atoms with E-state index in [4.69, 9.17) is 0 Å². The van der Waals surface area contributed by atoms with Gasteiger partial charge in [-0.25, -0.2) is 0 Å². The van der Waals surface area contributed by atoms with Crippen LogP contribution in [0.1, 0.15) is 10.8 Å². The van der Waals surface area contributed by atoms with E-state index in [0.717, 1.165) is 12.3 Å². The zero-order valence-corrected chi connectivity index (χ0v) is 10.2. The molecule has 15 heavy (non-hydrogen) atoms. The van der Waals surface area contributed by atoms with Crippen molar-refractivity contribution in [3.63, 3.8) is 0 Å². The minimum absolute atomic E-state index is 0.210. The lowest BCUT2D eigenvalue weighted by Crippen LogP contribution is -2.16. The molecule has 3 heteroatoms. The van der Waals surface area contributed by atoms with Crippen molar-refractivity contribution in [2.24, 2.45) is 0 Å². The molecule has 0 bridgehead atoms. The van der Waals surface area contributed by atoms with Crippen molar-refractivity contribution in [2.45, 2.75) is 5.25 Å². The fourth-order valence-corrected chi connectivity index (χ4v) is 2.51. The molecular formula is C12H19NOS. The van der Waals surface area contributed by atoms with Crippen LogP contribution in [-0.4, -0.2) is 43.0 Å². The van der Waals surface area contributed by atoms with Gasteiger partial charge in [0.05, 0.1) is 11.9 Å². The minimum Gasteiger partial charge on any atom is -0.395 e. The van der Waals surface area contributed by atoms with Crippen LogP contribution in [0.25, 0.3) is 0 Å². The highest BCUT2D eigenvalue weighted by Gasteiger charge is 2.09. The average molecular weight is 225 g/mol. The predicted molar refractivity (Wildman–Crippen MR) is 67.3 cm³/mol. The summed E-state index contributed by atoms with van der Waals surface area (Å²) in [5, 5.41) is 9.52. The van der Waals surface area contributed by atoms with Gasteiger partial charge in [0.1, 0.15) is 0 Å². The van der Waals surface area contributed by atoms with E-state index in [0.29, 0.717) is 0 Å². The predicted octanol–water partition coefficient (Wildman–Crippen LogP) is 2.01. The average Bonchev–Trinajstić information content (AvgIpc) is 2.25. The van der Waals surface area contributed by atoms with Gasteiger partial charge in [-0.05, 0) is 19.7 Å². The number of aliphatic hydroxyl groups excluding tert-OH is 1. The van der Waals surface area contributed by atoms with Crippen LogP contribution >= 0.6 is 11.8 Å². The molecule has 84 valence electrons. The maximum atomic E-state index is 9.31. The molecule has 1 aromatic carbocycles. The summed E-state index contributed by atoms with van der Waals surface area (Å²) < 4.78 is 0. The van der Waals surface area contributed by atoms with Gasteiger partial charge in [-0.1, -0.05) is 30.3 Å². The van der Waals surface area contributed by atoms with Crippen molar-refractivity contribution in [1.29, 1.82) is 0 Å². The quantitative estimate of drug-likeness (QED) is 0.801. The fourth-order valence-electron chi connectivity index (χ4n) is 1.30. The van der Waals surface area contributed by atoms with Crippen molar-refractivity contribution in [3.05, 3.63) is 35.9 Å². The number of nitrogens with zero attached hydrogens (tertiary/aromatic N) is 1. The highest BCUT2D eigenvalue weighted by atomic mass is 32.2. The highest BCUT2D eigenvalue weighted by Crippen LogP contribution is 2.27. The molecule has 0 heterocycles. The number of rotatable bonds is 6. The van der Waals surface area contributed by atoms with Crippen LogP contribution < -0.4 is 0 Å². The Kier molecular flexibility index (Phi) is 5.76. The Morgan fingerprint density at radius 1 is 1.27 bits per heavy atom. The SMILES string of the molecule is CN(C)CCS[C@@H](CO)c1ccccc1. The van der Waals surface area contributed by atoms with Gasteiger partial charge < -0.3 is 10.0 Å². The van der Waals surface area contributed by atoms with Crippen LogP contribution in [0.4, 0.5) is 0 Å². The largest absolute Gasteiger partial charge is 0.395 e. The first-order valence-electron chi connectivity index (χ1n) is 5.16. The van der Waals surface area contributed by atoms with Crippen LogP contribution in [0.2, 0.25) is 0 Å².